The first kappa shape index (κ1) is 17.9. The van der Waals surface area contributed by atoms with Gasteiger partial charge in [-0.05, 0) is 49.3 Å². The van der Waals surface area contributed by atoms with Gasteiger partial charge in [-0.2, -0.15) is 0 Å². The fourth-order valence-corrected chi connectivity index (χ4v) is 3.54. The Kier molecular flexibility index (Phi) is 6.04. The molecule has 134 valence electrons. The van der Waals surface area contributed by atoms with Gasteiger partial charge >= 0.3 is 0 Å². The van der Waals surface area contributed by atoms with Crippen LogP contribution < -0.4 is 0 Å². The van der Waals surface area contributed by atoms with E-state index in [1.807, 2.05) is 29.2 Å². The first-order valence-corrected chi connectivity index (χ1v) is 9.08. The molecule has 3 rings (SSSR count). The van der Waals surface area contributed by atoms with Gasteiger partial charge in [0.1, 0.15) is 0 Å². The van der Waals surface area contributed by atoms with Gasteiger partial charge in [-0.15, -0.1) is 5.10 Å². The van der Waals surface area contributed by atoms with E-state index in [4.69, 9.17) is 16.7 Å². The molecule has 2 aromatic rings. The topological polar surface area (TPSA) is 71.2 Å². The second kappa shape index (κ2) is 8.45. The number of aromatic nitrogens is 3. The highest BCUT2D eigenvalue weighted by Crippen LogP contribution is 2.22. The number of aliphatic hydroxyl groups excluding tert-OH is 1. The summed E-state index contributed by atoms with van der Waals surface area (Å²) in [5.74, 6) is 0.400. The lowest BCUT2D eigenvalue weighted by atomic mass is 9.93. The molecule has 0 spiro atoms. The Bertz CT molecular complexity index is 719. The lowest BCUT2D eigenvalue weighted by Gasteiger charge is -2.32. The number of hydrogen-bond acceptors (Lipinski definition) is 4. The molecule has 1 saturated heterocycles. The van der Waals surface area contributed by atoms with E-state index in [1.54, 1.807) is 10.9 Å². The molecule has 1 aliphatic heterocycles. The fourth-order valence-electron chi connectivity index (χ4n) is 3.32. The van der Waals surface area contributed by atoms with Crippen molar-refractivity contribution in [1.82, 2.24) is 19.9 Å². The molecule has 1 unspecified atom stereocenters. The van der Waals surface area contributed by atoms with Gasteiger partial charge in [-0.25, -0.2) is 4.68 Å². The van der Waals surface area contributed by atoms with Crippen molar-refractivity contribution in [2.75, 3.05) is 19.7 Å². The van der Waals surface area contributed by atoms with E-state index in [1.165, 1.54) is 0 Å². The molecular formula is C18H23ClN4O2. The van der Waals surface area contributed by atoms with Crippen LogP contribution in [0, 0.1) is 5.92 Å². The number of amides is 1. The van der Waals surface area contributed by atoms with Crippen LogP contribution in [0.15, 0.2) is 30.5 Å². The minimum atomic E-state index is -0.0638. The highest BCUT2D eigenvalue weighted by molar-refractivity contribution is 6.30. The Labute approximate surface area is 152 Å². The molecule has 1 fully saturated rings. The Balaban J connectivity index is 1.62. The fraction of sp³-hybridized carbons (Fsp3) is 0.500. The summed E-state index contributed by atoms with van der Waals surface area (Å²) in [6.07, 6.45) is 5.56. The molecule has 1 N–H and O–H groups in total. The second-order valence-corrected chi connectivity index (χ2v) is 6.99. The van der Waals surface area contributed by atoms with E-state index in [0.717, 1.165) is 44.3 Å². The lowest BCUT2D eigenvalue weighted by molar-refractivity contribution is 0.0657. The maximum atomic E-state index is 12.7. The van der Waals surface area contributed by atoms with Gasteiger partial charge in [0.25, 0.3) is 5.91 Å². The number of aliphatic hydroxyl groups is 1. The van der Waals surface area contributed by atoms with Gasteiger partial charge in [-0.3, -0.25) is 4.79 Å². The molecular weight excluding hydrogens is 340 g/mol. The van der Waals surface area contributed by atoms with Crippen molar-refractivity contribution < 1.29 is 9.90 Å². The summed E-state index contributed by atoms with van der Waals surface area (Å²) in [5, 5.41) is 17.8. The zero-order chi connectivity index (χ0) is 17.6. The van der Waals surface area contributed by atoms with Crippen LogP contribution in [-0.2, 0) is 6.54 Å². The van der Waals surface area contributed by atoms with Crippen LogP contribution in [0.2, 0.25) is 5.02 Å². The number of piperidine rings is 1. The molecule has 0 radical (unpaired) electrons. The van der Waals surface area contributed by atoms with Gasteiger partial charge in [0.05, 0.1) is 12.7 Å². The number of carbonyl (C=O) groups excluding carboxylic acids is 1. The predicted octanol–water partition coefficient (Wildman–Crippen LogP) is 2.60. The first-order chi connectivity index (χ1) is 12.2. The Hall–Kier alpha value is -1.92. The number of nitrogens with zero attached hydrogens (tertiary/aromatic N) is 4. The summed E-state index contributed by atoms with van der Waals surface area (Å²) in [5.41, 5.74) is 1.39. The molecule has 0 bridgehead atoms. The summed E-state index contributed by atoms with van der Waals surface area (Å²) < 4.78 is 1.66. The zero-order valence-corrected chi connectivity index (χ0v) is 14.9. The molecule has 6 nitrogen and oxygen atoms in total. The van der Waals surface area contributed by atoms with Crippen molar-refractivity contribution in [2.24, 2.45) is 5.92 Å². The minimum Gasteiger partial charge on any atom is -0.396 e. The van der Waals surface area contributed by atoms with Crippen LogP contribution in [0.5, 0.6) is 0 Å². The van der Waals surface area contributed by atoms with E-state index in [2.05, 4.69) is 10.3 Å². The monoisotopic (exact) mass is 362 g/mol. The van der Waals surface area contributed by atoms with Crippen LogP contribution in [0.4, 0.5) is 0 Å². The Morgan fingerprint density at radius 2 is 2.28 bits per heavy atom. The molecule has 1 aliphatic rings. The molecule has 1 atom stereocenters. The standard InChI is InChI=1S/C18H23ClN4O2/c19-16-7-1-4-15(10-16)12-23-13-17(20-21-23)18(25)22-8-2-5-14(11-22)6-3-9-24/h1,4,7,10,13-14,24H,2-3,5-6,8-9,11-12H2. The Morgan fingerprint density at radius 3 is 3.08 bits per heavy atom. The molecule has 1 aromatic carbocycles. The third-order valence-electron chi connectivity index (χ3n) is 4.57. The molecule has 0 aliphatic carbocycles. The number of carbonyl (C=O) groups is 1. The summed E-state index contributed by atoms with van der Waals surface area (Å²) in [6.45, 7) is 2.23. The summed E-state index contributed by atoms with van der Waals surface area (Å²) in [4.78, 5) is 14.5. The van der Waals surface area contributed by atoms with Crippen LogP contribution in [0.25, 0.3) is 0 Å². The average molecular weight is 363 g/mol. The van der Waals surface area contributed by atoms with Crippen LogP contribution >= 0.6 is 11.6 Å². The Morgan fingerprint density at radius 1 is 1.40 bits per heavy atom. The van der Waals surface area contributed by atoms with Crippen LogP contribution in [0.3, 0.4) is 0 Å². The second-order valence-electron chi connectivity index (χ2n) is 6.56. The number of hydrogen-bond donors (Lipinski definition) is 1. The maximum Gasteiger partial charge on any atom is 0.276 e. The van der Waals surface area contributed by atoms with Gasteiger partial charge in [0, 0.05) is 24.7 Å². The number of halogens is 1. The normalized spacial score (nSPS) is 17.7. The van der Waals surface area contributed by atoms with Gasteiger partial charge in [-0.1, -0.05) is 28.9 Å². The molecule has 0 saturated carbocycles. The summed E-state index contributed by atoms with van der Waals surface area (Å²) in [6, 6.07) is 7.55. The van der Waals surface area contributed by atoms with Crippen molar-refractivity contribution in [3.8, 4) is 0 Å². The van der Waals surface area contributed by atoms with Crippen molar-refractivity contribution in [2.45, 2.75) is 32.2 Å². The van der Waals surface area contributed by atoms with E-state index >= 15 is 0 Å². The summed E-state index contributed by atoms with van der Waals surface area (Å²) in [7, 11) is 0. The quantitative estimate of drug-likeness (QED) is 0.857. The largest absolute Gasteiger partial charge is 0.396 e. The molecule has 2 heterocycles. The van der Waals surface area contributed by atoms with Gasteiger partial charge in [0.15, 0.2) is 5.69 Å². The van der Waals surface area contributed by atoms with Crippen LogP contribution in [-0.4, -0.2) is 50.6 Å². The van der Waals surface area contributed by atoms with Crippen molar-refractivity contribution in [3.05, 3.63) is 46.7 Å². The van der Waals surface area contributed by atoms with Crippen molar-refractivity contribution in [3.63, 3.8) is 0 Å². The van der Waals surface area contributed by atoms with Gasteiger partial charge in [0.2, 0.25) is 0 Å². The van der Waals surface area contributed by atoms with E-state index in [9.17, 15) is 4.79 Å². The van der Waals surface area contributed by atoms with E-state index in [-0.39, 0.29) is 12.5 Å². The first-order valence-electron chi connectivity index (χ1n) is 8.70. The van der Waals surface area contributed by atoms with E-state index in [0.29, 0.717) is 23.2 Å². The number of rotatable bonds is 6. The third-order valence-corrected chi connectivity index (χ3v) is 4.80. The average Bonchev–Trinajstić information content (AvgIpc) is 3.08. The highest BCUT2D eigenvalue weighted by Gasteiger charge is 2.25. The van der Waals surface area contributed by atoms with Gasteiger partial charge < -0.3 is 10.0 Å². The summed E-state index contributed by atoms with van der Waals surface area (Å²) >= 11 is 6.00. The third kappa shape index (κ3) is 4.80. The highest BCUT2D eigenvalue weighted by atomic mass is 35.5. The maximum absolute atomic E-state index is 12.7. The minimum absolute atomic E-state index is 0.0638. The smallest absolute Gasteiger partial charge is 0.276 e. The molecule has 1 amide bonds. The zero-order valence-electron chi connectivity index (χ0n) is 14.1. The van der Waals surface area contributed by atoms with Crippen molar-refractivity contribution in [1.29, 1.82) is 0 Å². The number of benzene rings is 1. The molecule has 1 aromatic heterocycles. The predicted molar refractivity (Wildman–Crippen MR) is 95.5 cm³/mol. The molecule has 7 heteroatoms. The SMILES string of the molecule is O=C(c1cn(Cc2cccc(Cl)c2)nn1)N1CCCC(CCCO)C1. The van der Waals surface area contributed by atoms with Crippen LogP contribution in [0.1, 0.15) is 41.7 Å². The number of likely N-dealkylation sites (tertiary alicyclic amines) is 1. The lowest BCUT2D eigenvalue weighted by Crippen LogP contribution is -2.40. The van der Waals surface area contributed by atoms with Crippen molar-refractivity contribution >= 4 is 17.5 Å². The molecule has 25 heavy (non-hydrogen) atoms. The van der Waals surface area contributed by atoms with E-state index < -0.39 is 0 Å².